The summed E-state index contributed by atoms with van der Waals surface area (Å²) in [6.07, 6.45) is 50.7. The third-order valence-corrected chi connectivity index (χ3v) is 28.5. The van der Waals surface area contributed by atoms with E-state index in [-0.39, 0.29) is 0 Å². The molecule has 0 saturated carbocycles. The van der Waals surface area contributed by atoms with Crippen molar-refractivity contribution in [2.75, 3.05) is 183 Å². The highest BCUT2D eigenvalue weighted by Gasteiger charge is 2.37. The molecule has 0 amide bonds. The van der Waals surface area contributed by atoms with E-state index in [1.54, 1.807) is 20.4 Å². The van der Waals surface area contributed by atoms with Gasteiger partial charge in [0.1, 0.15) is 34.5 Å². The van der Waals surface area contributed by atoms with Crippen LogP contribution < -0.4 is 39.4 Å². The molecule has 11 aromatic heterocycles. The number of ether oxygens (including phenoxy) is 4. The van der Waals surface area contributed by atoms with Gasteiger partial charge < -0.3 is 43.8 Å². The van der Waals surface area contributed by atoms with Crippen molar-refractivity contribution in [3.63, 3.8) is 0 Å². The Bertz CT molecular complexity index is 5670. The summed E-state index contributed by atoms with van der Waals surface area (Å²) in [7, 11) is 23.0. The summed E-state index contributed by atoms with van der Waals surface area (Å²) in [6.45, 7) is 13.7. The molecule has 11 aliphatic rings. The van der Waals surface area contributed by atoms with Gasteiger partial charge in [-0.15, -0.1) is 0 Å². The lowest BCUT2D eigenvalue weighted by Gasteiger charge is -2.38. The van der Waals surface area contributed by atoms with E-state index in [1.165, 1.54) is 201 Å². The first-order valence-electron chi connectivity index (χ1n) is 46.5. The van der Waals surface area contributed by atoms with Gasteiger partial charge in [-0.1, -0.05) is 29.8 Å². The first-order valence-corrected chi connectivity index (χ1v) is 46.9. The number of methoxy groups -OCH3 is 2. The number of likely N-dealkylation sites (N-methyl/N-ethyl adjacent to an activating group) is 2. The molecule has 674 valence electrons. The van der Waals surface area contributed by atoms with Crippen molar-refractivity contribution in [3.05, 3.63) is 203 Å². The summed E-state index contributed by atoms with van der Waals surface area (Å²) < 4.78 is 28.7. The van der Waals surface area contributed by atoms with Crippen LogP contribution >= 0.6 is 11.6 Å². The third-order valence-electron chi connectivity index (χ3n) is 28.2. The van der Waals surface area contributed by atoms with Crippen molar-refractivity contribution in [1.82, 2.24) is 84.1 Å². The lowest BCUT2D eigenvalue weighted by atomic mass is 9.92. The van der Waals surface area contributed by atoms with Crippen LogP contribution in [0.5, 0.6) is 23.4 Å². The van der Waals surface area contributed by atoms with E-state index in [0.717, 1.165) is 145 Å². The van der Waals surface area contributed by atoms with Crippen molar-refractivity contribution in [2.45, 2.75) is 158 Å². The molecule has 2 N–H and O–H groups in total. The lowest BCUT2D eigenvalue weighted by molar-refractivity contribution is 0.274. The number of hydrogen-bond donors (Lipinski definition) is 2. The molecule has 7 fully saturated rings. The molecule has 0 spiro atoms. The summed E-state index contributed by atoms with van der Waals surface area (Å²) in [5.74, 6) is 4.15. The molecular weight excluding hydrogens is 1620 g/mol. The zero-order chi connectivity index (χ0) is 88.3. The Morgan fingerprint density at radius 3 is 1.54 bits per heavy atom. The van der Waals surface area contributed by atoms with Gasteiger partial charge in [-0.25, -0.2) is 19.9 Å². The number of fused-ring (bicyclic) bond motifs is 8. The topological polar surface area (TPSA) is 232 Å². The van der Waals surface area contributed by atoms with E-state index >= 15 is 0 Å². The molecule has 0 unspecified atom stereocenters. The van der Waals surface area contributed by atoms with Gasteiger partial charge in [-0.3, -0.25) is 64.2 Å². The number of hydrogen-bond acceptors (Lipinski definition) is 26. The number of furan rings is 1. The maximum Gasteiger partial charge on any atom is 0.239 e. The van der Waals surface area contributed by atoms with Crippen molar-refractivity contribution in [1.29, 1.82) is 0 Å². The zero-order valence-corrected chi connectivity index (χ0v) is 77.5. The van der Waals surface area contributed by atoms with Crippen LogP contribution in [0.25, 0.3) is 54.7 Å². The molecule has 12 aromatic rings. The number of nitrogens with zero attached hydrogens (tertiary/aromatic N) is 19. The van der Waals surface area contributed by atoms with Crippen molar-refractivity contribution in [3.8, 4) is 34.7 Å². The Labute approximate surface area is 759 Å². The number of pyridine rings is 10. The predicted octanol–water partition coefficient (Wildman–Crippen LogP) is 18.0. The largest absolute Gasteiger partial charge is 0.489 e. The van der Waals surface area contributed by atoms with Crippen LogP contribution in [0, 0.1) is 0 Å². The summed E-state index contributed by atoms with van der Waals surface area (Å²) in [5, 5.41) is 14.1. The van der Waals surface area contributed by atoms with Gasteiger partial charge in [0.05, 0.1) is 55.8 Å². The van der Waals surface area contributed by atoms with Gasteiger partial charge >= 0.3 is 0 Å². The van der Waals surface area contributed by atoms with Gasteiger partial charge in [0.15, 0.2) is 0 Å². The van der Waals surface area contributed by atoms with Crippen LogP contribution in [0.3, 0.4) is 0 Å². The Hall–Kier alpha value is -10.6. The second-order valence-corrected chi connectivity index (χ2v) is 36.6. The monoisotopic (exact) mass is 1750 g/mol. The second kappa shape index (κ2) is 41.5. The van der Waals surface area contributed by atoms with E-state index < -0.39 is 0 Å². The molecule has 7 saturated heterocycles. The molecule has 26 nitrogen and oxygen atoms in total. The van der Waals surface area contributed by atoms with Crippen molar-refractivity contribution >= 4 is 77.8 Å². The number of nitrogens with one attached hydrogen (secondary N) is 2. The smallest absolute Gasteiger partial charge is 0.239 e. The van der Waals surface area contributed by atoms with Gasteiger partial charge in [0.25, 0.3) is 0 Å². The van der Waals surface area contributed by atoms with E-state index in [2.05, 4.69) is 198 Å². The maximum absolute atomic E-state index is 6.25. The fourth-order valence-electron chi connectivity index (χ4n) is 21.4. The quantitative estimate of drug-likeness (QED) is 0.121. The minimum atomic E-state index is 0.405. The van der Waals surface area contributed by atoms with E-state index in [1.807, 2.05) is 111 Å². The van der Waals surface area contributed by atoms with Crippen LogP contribution in [-0.2, 0) is 12.8 Å². The molecule has 23 rings (SSSR count). The molecule has 11 aliphatic heterocycles. The normalized spacial score (nSPS) is 22.3. The van der Waals surface area contributed by atoms with Gasteiger partial charge in [0.2, 0.25) is 17.6 Å². The van der Waals surface area contributed by atoms with E-state index in [0.29, 0.717) is 53.3 Å². The van der Waals surface area contributed by atoms with Crippen molar-refractivity contribution in [2.24, 2.45) is 0 Å². The molecule has 22 heterocycles. The van der Waals surface area contributed by atoms with E-state index in [9.17, 15) is 0 Å². The Kier molecular flexibility index (Phi) is 29.0. The summed E-state index contributed by atoms with van der Waals surface area (Å²) in [4.78, 5) is 65.3. The van der Waals surface area contributed by atoms with Gasteiger partial charge in [0, 0.05) is 218 Å². The van der Waals surface area contributed by atoms with Crippen LogP contribution in [0.1, 0.15) is 195 Å². The highest BCUT2D eigenvalue weighted by molar-refractivity contribution is 6.34. The minimum Gasteiger partial charge on any atom is -0.489 e. The molecule has 0 radical (unpaired) electrons. The summed E-state index contributed by atoms with van der Waals surface area (Å²) in [6, 6.07) is 21.7. The molecular formula is C101H128ClN21O5. The molecule has 0 bridgehead atoms. The average Bonchev–Trinajstić information content (AvgIpc) is 1.44. The standard InChI is InChI=1S/C21H22N2O2.C15H24N4O.C14H17N3O.C13H14ClN3.C13H19N3.C13H15N3.C12H17N3O/c1-23-10-4-8-17(23)16-13-22-21-15(7-5-11-24-21)20(16)19-12-14-6-2-3-9-18(14)25-19;1-17-7-5-6-12(17)11-10-16-15(20-4)14-13(11)18(2)8-9-19(14)3;1-17-7-3-4-13(17)12-9-16-14(18-2)10-5-6-15-8-11(10)12;1-17-7-3-5-11(17)10-8-16-13(14)9-4-2-6-15-12(9)10;1-16-7-3-5-13(16)11-8-14-9-12-10(11)4-2-6-15-12;1-16-6-2-3-13(16)12-9-15-8-10-7-14-5-4-11(10)12;1-15-5-2-3-11(15)9-7-13-8-10-12(9)16-6-4-14-10/h2-3,6,9,12-13,17H,4-5,7-8,10-11H2,1H3;10,12H,5-9H2,1-4H3;5-6,8-9,13H,3-4,7H2,1-2H3;2,4,6,8,11H,3,5,7H2,1H3;8-9,13,15H,2-7H2,1H3;4-5,7-9,13H,2-3,6H2,1H3;7-8,11,14H,2-6H2,1H3/t17-;12-;13-;11-;2*13-;11-/m0000000/s1. The zero-order valence-electron chi connectivity index (χ0n) is 76.7. The highest BCUT2D eigenvalue weighted by atomic mass is 35.5. The first kappa shape index (κ1) is 89.4. The minimum absolute atomic E-state index is 0.405. The molecule has 7 atom stereocenters. The fraction of sp³-hybridized carbons (Fsp3) is 0.485. The number of para-hydroxylation sites is 1. The molecule has 128 heavy (non-hydrogen) atoms. The SMILES string of the molecule is CN1CCC[C@H]1c1cnc(Cl)c2cccnc12.CN1CCC[C@H]1c1cnc2c(c1-c1cc3ccccc3o1)CCCO2.CN1CCC[C@H]1c1cncc2c1CCCN2.CN1CCC[C@H]1c1cncc2c1OCCN2.CN1CCC[C@H]1c1cncc2cnccc12.COc1ncc([C@@H]2CCCN2C)c2c1N(C)CCN2C.COc1ncc([C@@H]2CCCN2C)c2cnccc12. The van der Waals surface area contributed by atoms with Crippen LogP contribution in [0.2, 0.25) is 5.15 Å². The fourth-order valence-corrected chi connectivity index (χ4v) is 21.6. The predicted molar refractivity (Wildman–Crippen MR) is 512 cm³/mol. The first-order chi connectivity index (χ1) is 62.6. The number of anilines is 4. The van der Waals surface area contributed by atoms with Gasteiger partial charge in [-0.05, 0) is 280 Å². The van der Waals surface area contributed by atoms with Crippen LogP contribution in [0.4, 0.5) is 22.7 Å². The summed E-state index contributed by atoms with van der Waals surface area (Å²) in [5.41, 5.74) is 19.7. The van der Waals surface area contributed by atoms with Crippen LogP contribution in [0.15, 0.2) is 152 Å². The summed E-state index contributed by atoms with van der Waals surface area (Å²) >= 11 is 6.11. The van der Waals surface area contributed by atoms with Crippen LogP contribution in [-0.4, -0.2) is 247 Å². The third kappa shape index (κ3) is 19.4. The number of rotatable bonds is 10. The molecule has 1 aromatic carbocycles. The highest BCUT2D eigenvalue weighted by Crippen LogP contribution is 2.49. The Balaban J connectivity index is 0.000000106. The average molecular weight is 1750 g/mol. The Morgan fingerprint density at radius 2 is 0.891 bits per heavy atom. The lowest BCUT2D eigenvalue weighted by Crippen LogP contribution is -2.38. The van der Waals surface area contributed by atoms with Crippen molar-refractivity contribution < 1.29 is 23.4 Å². The number of likely N-dealkylation sites (tertiary alicyclic amines) is 7. The molecule has 0 aliphatic carbocycles. The maximum atomic E-state index is 6.25. The second-order valence-electron chi connectivity index (χ2n) is 36.2. The van der Waals surface area contributed by atoms with Gasteiger partial charge in [-0.2, -0.15) is 0 Å². The molecule has 27 heteroatoms. The van der Waals surface area contributed by atoms with E-state index in [4.69, 9.17) is 35.0 Å². The number of aromatic nitrogens is 10. The Morgan fingerprint density at radius 1 is 0.375 bits per heavy atom. The number of halogens is 1. The number of benzene rings is 1.